The van der Waals surface area contributed by atoms with Gasteiger partial charge in [-0.05, 0) is 32.1 Å². The van der Waals surface area contributed by atoms with E-state index in [9.17, 15) is 19.2 Å². The van der Waals surface area contributed by atoms with Gasteiger partial charge in [0, 0.05) is 6.54 Å². The predicted octanol–water partition coefficient (Wildman–Crippen LogP) is -0.944. The van der Waals surface area contributed by atoms with Gasteiger partial charge in [-0.25, -0.2) is 0 Å². The second-order valence-electron chi connectivity index (χ2n) is 6.77. The Kier molecular flexibility index (Phi) is 7.82. The van der Waals surface area contributed by atoms with E-state index in [0.717, 1.165) is 0 Å². The quantitative estimate of drug-likeness (QED) is 0.442. The van der Waals surface area contributed by atoms with Gasteiger partial charge in [-0.1, -0.05) is 13.8 Å². The molecule has 1 rings (SSSR count). The van der Waals surface area contributed by atoms with Crippen molar-refractivity contribution in [1.29, 1.82) is 0 Å². The van der Waals surface area contributed by atoms with Crippen molar-refractivity contribution in [2.75, 3.05) is 13.1 Å². The maximum atomic E-state index is 12.4. The number of carboxylic acid groups (broad SMARTS) is 1. The number of amides is 3. The van der Waals surface area contributed by atoms with Crippen LogP contribution >= 0.6 is 0 Å². The second-order valence-corrected chi connectivity index (χ2v) is 6.77. The first-order valence-corrected chi connectivity index (χ1v) is 8.49. The molecule has 0 aliphatic carbocycles. The molecule has 9 nitrogen and oxygen atoms in total. The molecule has 0 aromatic carbocycles. The molecule has 3 atom stereocenters. The standard InChI is InChI=1S/C16H28N4O5/c1-9(2)7-11(17)15(23)20-6-4-5-12(20)14(22)18-8-13(21)19-10(3)16(24)25/h9-12H,4-8,17H2,1-3H3,(H,18,22)(H,19,21)(H,24,25)/t10-,11-,12-/m0/s1. The lowest BCUT2D eigenvalue weighted by atomic mass is 10.0. The van der Waals surface area contributed by atoms with E-state index in [0.29, 0.717) is 25.8 Å². The predicted molar refractivity (Wildman–Crippen MR) is 90.4 cm³/mol. The van der Waals surface area contributed by atoms with Gasteiger partial charge in [0.15, 0.2) is 0 Å². The van der Waals surface area contributed by atoms with Crippen LogP contribution in [0.1, 0.15) is 40.0 Å². The lowest BCUT2D eigenvalue weighted by molar-refractivity contribution is -0.141. The number of rotatable bonds is 8. The zero-order chi connectivity index (χ0) is 19.1. The number of carbonyl (C=O) groups is 4. The lowest BCUT2D eigenvalue weighted by Crippen LogP contribution is -2.53. The Hall–Kier alpha value is -2.16. The fourth-order valence-electron chi connectivity index (χ4n) is 2.76. The number of nitrogens with one attached hydrogen (secondary N) is 2. The van der Waals surface area contributed by atoms with E-state index >= 15 is 0 Å². The zero-order valence-corrected chi connectivity index (χ0v) is 14.9. The van der Waals surface area contributed by atoms with Gasteiger partial charge in [-0.3, -0.25) is 19.2 Å². The summed E-state index contributed by atoms with van der Waals surface area (Å²) in [4.78, 5) is 48.5. The summed E-state index contributed by atoms with van der Waals surface area (Å²) in [5.41, 5.74) is 5.92. The first-order chi connectivity index (χ1) is 11.6. The molecule has 1 aliphatic rings. The summed E-state index contributed by atoms with van der Waals surface area (Å²) in [6.07, 6.45) is 1.75. The van der Waals surface area contributed by atoms with Crippen molar-refractivity contribution in [2.24, 2.45) is 11.7 Å². The Balaban J connectivity index is 2.55. The summed E-state index contributed by atoms with van der Waals surface area (Å²) in [7, 11) is 0. The minimum atomic E-state index is -1.16. The number of aliphatic carboxylic acids is 1. The Bertz CT molecular complexity index is 523. The van der Waals surface area contributed by atoms with Crippen LogP contribution in [0.25, 0.3) is 0 Å². The normalized spacial score (nSPS) is 19.4. The van der Waals surface area contributed by atoms with Gasteiger partial charge in [0.1, 0.15) is 12.1 Å². The van der Waals surface area contributed by atoms with Crippen LogP contribution in [0.15, 0.2) is 0 Å². The number of nitrogens with zero attached hydrogens (tertiary/aromatic N) is 1. The van der Waals surface area contributed by atoms with Gasteiger partial charge in [0.05, 0.1) is 12.6 Å². The number of hydrogen-bond donors (Lipinski definition) is 4. The molecule has 0 aromatic rings. The third-order valence-corrected chi connectivity index (χ3v) is 4.05. The third-order valence-electron chi connectivity index (χ3n) is 4.05. The van der Waals surface area contributed by atoms with E-state index < -0.39 is 35.9 Å². The molecular formula is C16H28N4O5. The number of nitrogens with two attached hydrogens (primary N) is 1. The van der Waals surface area contributed by atoms with Gasteiger partial charge in [0.25, 0.3) is 0 Å². The van der Waals surface area contributed by atoms with Crippen LogP contribution in [0.3, 0.4) is 0 Å². The molecule has 5 N–H and O–H groups in total. The van der Waals surface area contributed by atoms with Crippen molar-refractivity contribution in [3.05, 3.63) is 0 Å². The van der Waals surface area contributed by atoms with Crippen LogP contribution in [-0.2, 0) is 19.2 Å². The Morgan fingerprint density at radius 2 is 1.88 bits per heavy atom. The van der Waals surface area contributed by atoms with E-state index in [2.05, 4.69) is 10.6 Å². The zero-order valence-electron chi connectivity index (χ0n) is 14.9. The van der Waals surface area contributed by atoms with E-state index in [-0.39, 0.29) is 18.4 Å². The number of carboxylic acids is 1. The molecule has 1 saturated heterocycles. The molecule has 0 radical (unpaired) electrons. The first-order valence-electron chi connectivity index (χ1n) is 8.49. The third kappa shape index (κ3) is 6.33. The smallest absolute Gasteiger partial charge is 0.325 e. The van der Waals surface area contributed by atoms with E-state index in [1.165, 1.54) is 11.8 Å². The molecule has 3 amide bonds. The largest absolute Gasteiger partial charge is 0.480 e. The molecule has 0 unspecified atom stereocenters. The molecule has 1 fully saturated rings. The summed E-state index contributed by atoms with van der Waals surface area (Å²) in [5.74, 6) is -2.17. The van der Waals surface area contributed by atoms with E-state index in [1.54, 1.807) is 0 Å². The molecule has 0 aromatic heterocycles. The fourth-order valence-corrected chi connectivity index (χ4v) is 2.76. The van der Waals surface area contributed by atoms with Gasteiger partial charge >= 0.3 is 5.97 Å². The van der Waals surface area contributed by atoms with Crippen molar-refractivity contribution in [2.45, 2.75) is 58.2 Å². The fraction of sp³-hybridized carbons (Fsp3) is 0.750. The van der Waals surface area contributed by atoms with Crippen molar-refractivity contribution in [1.82, 2.24) is 15.5 Å². The summed E-state index contributed by atoms with van der Waals surface area (Å²) in [5, 5.41) is 13.4. The molecule has 1 heterocycles. The summed E-state index contributed by atoms with van der Waals surface area (Å²) in [6.45, 7) is 5.39. The molecule has 142 valence electrons. The highest BCUT2D eigenvalue weighted by Crippen LogP contribution is 2.19. The van der Waals surface area contributed by atoms with Crippen LogP contribution in [0, 0.1) is 5.92 Å². The van der Waals surface area contributed by atoms with Gasteiger partial charge in [-0.15, -0.1) is 0 Å². The van der Waals surface area contributed by atoms with E-state index in [4.69, 9.17) is 10.8 Å². The van der Waals surface area contributed by atoms with Gasteiger partial charge < -0.3 is 26.4 Å². The first kappa shape index (κ1) is 20.9. The van der Waals surface area contributed by atoms with Crippen molar-refractivity contribution >= 4 is 23.7 Å². The van der Waals surface area contributed by atoms with Crippen molar-refractivity contribution < 1.29 is 24.3 Å². The highest BCUT2D eigenvalue weighted by molar-refractivity contribution is 5.92. The minimum absolute atomic E-state index is 0.254. The molecule has 0 spiro atoms. The Morgan fingerprint density at radius 3 is 2.44 bits per heavy atom. The molecule has 0 bridgehead atoms. The molecule has 1 aliphatic heterocycles. The average Bonchev–Trinajstić information content (AvgIpc) is 3.00. The monoisotopic (exact) mass is 356 g/mol. The topological polar surface area (TPSA) is 142 Å². The van der Waals surface area contributed by atoms with Gasteiger partial charge in [0.2, 0.25) is 17.7 Å². The van der Waals surface area contributed by atoms with Crippen LogP contribution in [0.5, 0.6) is 0 Å². The van der Waals surface area contributed by atoms with Crippen LogP contribution in [0.2, 0.25) is 0 Å². The van der Waals surface area contributed by atoms with Crippen LogP contribution in [-0.4, -0.2) is 64.9 Å². The minimum Gasteiger partial charge on any atom is -0.480 e. The SMILES string of the molecule is CC(C)C[C@H](N)C(=O)N1CCC[C@H]1C(=O)NCC(=O)N[C@@H](C)C(=O)O. The van der Waals surface area contributed by atoms with Crippen molar-refractivity contribution in [3.63, 3.8) is 0 Å². The summed E-state index contributed by atoms with van der Waals surface area (Å²) < 4.78 is 0. The second kappa shape index (κ2) is 9.36. The molecule has 0 saturated carbocycles. The Labute approximate surface area is 147 Å². The number of hydrogen-bond acceptors (Lipinski definition) is 5. The van der Waals surface area contributed by atoms with Crippen LogP contribution < -0.4 is 16.4 Å². The summed E-state index contributed by atoms with van der Waals surface area (Å²) >= 11 is 0. The highest BCUT2D eigenvalue weighted by Gasteiger charge is 2.36. The average molecular weight is 356 g/mol. The maximum Gasteiger partial charge on any atom is 0.325 e. The maximum absolute atomic E-state index is 12.4. The van der Waals surface area contributed by atoms with Gasteiger partial charge in [-0.2, -0.15) is 0 Å². The van der Waals surface area contributed by atoms with Crippen LogP contribution in [0.4, 0.5) is 0 Å². The molecule has 25 heavy (non-hydrogen) atoms. The van der Waals surface area contributed by atoms with E-state index in [1.807, 2.05) is 13.8 Å². The van der Waals surface area contributed by atoms with Crippen molar-refractivity contribution in [3.8, 4) is 0 Å². The molecule has 9 heteroatoms. The highest BCUT2D eigenvalue weighted by atomic mass is 16.4. The Morgan fingerprint density at radius 1 is 1.24 bits per heavy atom. The lowest BCUT2D eigenvalue weighted by Gasteiger charge is -2.27. The molecular weight excluding hydrogens is 328 g/mol. The summed E-state index contributed by atoms with van der Waals surface area (Å²) in [6, 6.07) is -2.33. The number of likely N-dealkylation sites (tertiary alicyclic amines) is 1. The number of carbonyl (C=O) groups excluding carboxylic acids is 3.